The Kier molecular flexibility index (Phi) is 6.20. The summed E-state index contributed by atoms with van der Waals surface area (Å²) in [7, 11) is 0. The topological polar surface area (TPSA) is 83.8 Å². The van der Waals surface area contributed by atoms with Crippen LogP contribution in [0.5, 0.6) is 0 Å². The number of aryl methyl sites for hydroxylation is 2. The van der Waals surface area contributed by atoms with Crippen LogP contribution in [-0.2, 0) is 11.2 Å². The van der Waals surface area contributed by atoms with E-state index in [9.17, 15) is 4.79 Å². The third-order valence-corrected chi connectivity index (χ3v) is 3.20. The van der Waals surface area contributed by atoms with Gasteiger partial charge in [0.15, 0.2) is 0 Å². The minimum atomic E-state index is -0.0638. The SMILES string of the molecule is Cc1[nH]ncc1CCCNC(=O)CC(N)CC(C)(C)C. The molecule has 0 fully saturated rings. The molecule has 0 bridgehead atoms. The van der Waals surface area contributed by atoms with Crippen molar-refractivity contribution < 1.29 is 4.79 Å². The van der Waals surface area contributed by atoms with Gasteiger partial charge in [-0.1, -0.05) is 20.8 Å². The zero-order valence-electron chi connectivity index (χ0n) is 13.1. The molecule has 1 atom stereocenters. The Labute approximate surface area is 121 Å². The van der Waals surface area contributed by atoms with E-state index in [0.29, 0.717) is 13.0 Å². The fraction of sp³-hybridized carbons (Fsp3) is 0.733. The standard InChI is InChI=1S/C15H28N4O/c1-11-12(10-18-19-11)6-5-7-17-14(20)8-13(16)9-15(2,3)4/h10,13H,5-9,16H2,1-4H3,(H,17,20)(H,18,19). The molecule has 0 aromatic carbocycles. The molecule has 0 radical (unpaired) electrons. The number of hydrogen-bond donors (Lipinski definition) is 3. The maximum absolute atomic E-state index is 11.8. The van der Waals surface area contributed by atoms with Crippen LogP contribution < -0.4 is 11.1 Å². The number of nitrogens with zero attached hydrogens (tertiary/aromatic N) is 1. The summed E-state index contributed by atoms with van der Waals surface area (Å²) in [6.07, 6.45) is 4.95. The normalized spacial score (nSPS) is 13.2. The highest BCUT2D eigenvalue weighted by molar-refractivity contribution is 5.76. The number of carbonyl (C=O) groups is 1. The van der Waals surface area contributed by atoms with Crippen LogP contribution in [0.2, 0.25) is 0 Å². The zero-order valence-corrected chi connectivity index (χ0v) is 13.1. The lowest BCUT2D eigenvalue weighted by molar-refractivity contribution is -0.121. The highest BCUT2D eigenvalue weighted by atomic mass is 16.1. The number of H-pyrrole nitrogens is 1. The fourth-order valence-corrected chi connectivity index (χ4v) is 2.30. The Bertz CT molecular complexity index is 420. The molecule has 1 rings (SSSR count). The van der Waals surface area contributed by atoms with Crippen molar-refractivity contribution in [3.63, 3.8) is 0 Å². The summed E-state index contributed by atoms with van der Waals surface area (Å²) >= 11 is 0. The van der Waals surface area contributed by atoms with Gasteiger partial charge in [-0.25, -0.2) is 0 Å². The van der Waals surface area contributed by atoms with Gasteiger partial charge in [0.25, 0.3) is 0 Å². The average molecular weight is 280 g/mol. The molecule has 0 spiro atoms. The Morgan fingerprint density at radius 2 is 2.20 bits per heavy atom. The van der Waals surface area contributed by atoms with Gasteiger partial charge in [-0.3, -0.25) is 9.89 Å². The maximum Gasteiger partial charge on any atom is 0.221 e. The van der Waals surface area contributed by atoms with E-state index in [-0.39, 0.29) is 17.4 Å². The third-order valence-electron chi connectivity index (χ3n) is 3.20. The van der Waals surface area contributed by atoms with Crippen LogP contribution in [0.4, 0.5) is 0 Å². The van der Waals surface area contributed by atoms with E-state index >= 15 is 0 Å². The van der Waals surface area contributed by atoms with Gasteiger partial charge in [0.05, 0.1) is 6.20 Å². The van der Waals surface area contributed by atoms with Crippen LogP contribution in [0.25, 0.3) is 0 Å². The van der Waals surface area contributed by atoms with E-state index in [0.717, 1.165) is 25.0 Å². The van der Waals surface area contributed by atoms with Crippen LogP contribution >= 0.6 is 0 Å². The number of carbonyl (C=O) groups excluding carboxylic acids is 1. The van der Waals surface area contributed by atoms with Crippen molar-refractivity contribution in [2.45, 2.75) is 59.4 Å². The summed E-state index contributed by atoms with van der Waals surface area (Å²) < 4.78 is 0. The van der Waals surface area contributed by atoms with Crippen LogP contribution in [-0.4, -0.2) is 28.7 Å². The van der Waals surface area contributed by atoms with E-state index in [1.807, 2.05) is 13.1 Å². The van der Waals surface area contributed by atoms with Crippen molar-refractivity contribution in [1.29, 1.82) is 0 Å². The predicted octanol–water partition coefficient (Wildman–Crippen LogP) is 1.92. The Balaban J connectivity index is 2.16. The van der Waals surface area contributed by atoms with Crippen LogP contribution in [0.1, 0.15) is 51.3 Å². The van der Waals surface area contributed by atoms with E-state index < -0.39 is 0 Å². The van der Waals surface area contributed by atoms with Crippen molar-refractivity contribution >= 4 is 5.91 Å². The second kappa shape index (κ2) is 7.43. The molecule has 4 N–H and O–H groups in total. The molecule has 0 aliphatic heterocycles. The lowest BCUT2D eigenvalue weighted by Crippen LogP contribution is -2.34. The van der Waals surface area contributed by atoms with Gasteiger partial charge in [0.2, 0.25) is 5.91 Å². The number of amides is 1. The smallest absolute Gasteiger partial charge is 0.221 e. The van der Waals surface area contributed by atoms with Crippen LogP contribution in [0, 0.1) is 12.3 Å². The third kappa shape index (κ3) is 6.70. The number of hydrogen-bond acceptors (Lipinski definition) is 3. The molecule has 5 nitrogen and oxygen atoms in total. The average Bonchev–Trinajstić information content (AvgIpc) is 2.67. The first kappa shape index (κ1) is 16.7. The number of nitrogens with one attached hydrogen (secondary N) is 2. The minimum Gasteiger partial charge on any atom is -0.356 e. The van der Waals surface area contributed by atoms with Crippen LogP contribution in [0.3, 0.4) is 0 Å². The number of nitrogens with two attached hydrogens (primary N) is 1. The number of rotatable bonds is 7. The molecule has 0 aliphatic carbocycles. The zero-order chi connectivity index (χ0) is 15.2. The minimum absolute atomic E-state index is 0.0469. The second-order valence-corrected chi connectivity index (χ2v) is 6.70. The summed E-state index contributed by atoms with van der Waals surface area (Å²) in [6, 6.07) is -0.0638. The summed E-state index contributed by atoms with van der Waals surface area (Å²) in [5.74, 6) is 0.0469. The van der Waals surface area contributed by atoms with Crippen molar-refractivity contribution in [3.05, 3.63) is 17.5 Å². The Morgan fingerprint density at radius 1 is 1.50 bits per heavy atom. The lowest BCUT2D eigenvalue weighted by atomic mass is 9.87. The van der Waals surface area contributed by atoms with Crippen molar-refractivity contribution in [2.24, 2.45) is 11.1 Å². The highest BCUT2D eigenvalue weighted by Crippen LogP contribution is 2.20. The molecule has 5 heteroatoms. The Morgan fingerprint density at radius 3 is 2.75 bits per heavy atom. The van der Waals surface area contributed by atoms with Gasteiger partial charge in [0.1, 0.15) is 0 Å². The highest BCUT2D eigenvalue weighted by Gasteiger charge is 2.17. The molecule has 20 heavy (non-hydrogen) atoms. The molecule has 0 saturated heterocycles. The maximum atomic E-state index is 11.8. The molecule has 0 saturated carbocycles. The van der Waals surface area contributed by atoms with Gasteiger partial charge < -0.3 is 11.1 Å². The first-order chi connectivity index (χ1) is 9.28. The predicted molar refractivity (Wildman–Crippen MR) is 81.3 cm³/mol. The monoisotopic (exact) mass is 280 g/mol. The molecular formula is C15H28N4O. The van der Waals surface area contributed by atoms with E-state index in [1.165, 1.54) is 5.56 Å². The lowest BCUT2D eigenvalue weighted by Gasteiger charge is -2.22. The summed E-state index contributed by atoms with van der Waals surface area (Å²) in [5.41, 5.74) is 8.47. The number of aromatic nitrogens is 2. The molecule has 1 unspecified atom stereocenters. The van der Waals surface area contributed by atoms with Gasteiger partial charge in [-0.2, -0.15) is 5.10 Å². The fourth-order valence-electron chi connectivity index (χ4n) is 2.30. The van der Waals surface area contributed by atoms with Crippen molar-refractivity contribution in [1.82, 2.24) is 15.5 Å². The van der Waals surface area contributed by atoms with Gasteiger partial charge in [-0.15, -0.1) is 0 Å². The first-order valence-corrected chi connectivity index (χ1v) is 7.29. The van der Waals surface area contributed by atoms with E-state index in [1.54, 1.807) is 0 Å². The molecule has 0 aliphatic rings. The molecule has 1 aromatic heterocycles. The molecule has 1 amide bonds. The summed E-state index contributed by atoms with van der Waals surface area (Å²) in [4.78, 5) is 11.8. The molecule has 114 valence electrons. The molecule has 1 heterocycles. The first-order valence-electron chi connectivity index (χ1n) is 7.29. The largest absolute Gasteiger partial charge is 0.356 e. The number of aromatic amines is 1. The van der Waals surface area contributed by atoms with Crippen molar-refractivity contribution in [2.75, 3.05) is 6.54 Å². The van der Waals surface area contributed by atoms with Crippen LogP contribution in [0.15, 0.2) is 6.20 Å². The van der Waals surface area contributed by atoms with Gasteiger partial charge >= 0.3 is 0 Å². The molecule has 1 aromatic rings. The summed E-state index contributed by atoms with van der Waals surface area (Å²) in [5, 5.41) is 9.82. The molecular weight excluding hydrogens is 252 g/mol. The quantitative estimate of drug-likeness (QED) is 0.667. The second-order valence-electron chi connectivity index (χ2n) is 6.70. The van der Waals surface area contributed by atoms with Crippen molar-refractivity contribution in [3.8, 4) is 0 Å². The van der Waals surface area contributed by atoms with Gasteiger partial charge in [0, 0.05) is 24.7 Å². The Hall–Kier alpha value is -1.36. The van der Waals surface area contributed by atoms with E-state index in [4.69, 9.17) is 5.73 Å². The van der Waals surface area contributed by atoms with Gasteiger partial charge in [-0.05, 0) is 37.2 Å². The van der Waals surface area contributed by atoms with E-state index in [2.05, 4.69) is 36.3 Å². The summed E-state index contributed by atoms with van der Waals surface area (Å²) in [6.45, 7) is 9.10.